The molecule has 1 heterocycles. The highest BCUT2D eigenvalue weighted by Crippen LogP contribution is 2.53. The Hall–Kier alpha value is -2.93. The Morgan fingerprint density at radius 3 is 1.86 bits per heavy atom. The summed E-state index contributed by atoms with van der Waals surface area (Å²) in [6.45, 7) is 0. The number of amides is 2. The summed E-state index contributed by atoms with van der Waals surface area (Å²) in [5.74, 6) is -0.152. The summed E-state index contributed by atoms with van der Waals surface area (Å²) in [6.07, 6.45) is 5.10. The third-order valence-electron chi connectivity index (χ3n) is 5.85. The fraction of sp³-hybridized carbons (Fsp3) is 0.238. The zero-order chi connectivity index (χ0) is 19.4. The van der Waals surface area contributed by atoms with Crippen molar-refractivity contribution in [3.63, 3.8) is 0 Å². The number of anilines is 1. The van der Waals surface area contributed by atoms with Crippen LogP contribution in [0.2, 0.25) is 0 Å². The van der Waals surface area contributed by atoms with E-state index in [1.54, 1.807) is 24.3 Å². The van der Waals surface area contributed by atoms with Crippen LogP contribution in [-0.4, -0.2) is 16.7 Å². The first-order valence-corrected chi connectivity index (χ1v) is 9.93. The zero-order valence-corrected chi connectivity index (χ0v) is 15.5. The van der Waals surface area contributed by atoms with Crippen molar-refractivity contribution in [2.24, 2.45) is 23.7 Å². The highest BCUT2D eigenvalue weighted by molar-refractivity contribution is 7.99. The summed E-state index contributed by atoms with van der Waals surface area (Å²) >= 11 is 1.47. The van der Waals surface area contributed by atoms with Gasteiger partial charge in [0.25, 0.3) is 5.69 Å². The smallest absolute Gasteiger partial charge is 0.269 e. The third kappa shape index (κ3) is 2.57. The number of carbonyl (C=O) groups is 2. The van der Waals surface area contributed by atoms with E-state index >= 15 is 0 Å². The molecule has 2 bridgehead atoms. The predicted octanol–water partition coefficient (Wildman–Crippen LogP) is 4.06. The number of imide groups is 1. The van der Waals surface area contributed by atoms with Crippen molar-refractivity contribution >= 4 is 35.0 Å². The lowest BCUT2D eigenvalue weighted by Crippen LogP contribution is -2.32. The lowest BCUT2D eigenvalue weighted by atomic mass is 9.85. The van der Waals surface area contributed by atoms with Crippen LogP contribution in [0.1, 0.15) is 6.42 Å². The number of nitro groups is 1. The summed E-state index contributed by atoms with van der Waals surface area (Å²) in [5, 5.41) is 10.7. The first-order chi connectivity index (χ1) is 13.5. The summed E-state index contributed by atoms with van der Waals surface area (Å²) in [7, 11) is 0. The number of hydrogen-bond donors (Lipinski definition) is 0. The van der Waals surface area contributed by atoms with Crippen LogP contribution in [0.4, 0.5) is 11.4 Å². The van der Waals surface area contributed by atoms with E-state index in [2.05, 4.69) is 12.2 Å². The summed E-state index contributed by atoms with van der Waals surface area (Å²) < 4.78 is 0. The average Bonchev–Trinajstić information content (AvgIpc) is 3.37. The Balaban J connectivity index is 1.34. The molecule has 0 N–H and O–H groups in total. The van der Waals surface area contributed by atoms with Gasteiger partial charge in [-0.05, 0) is 54.7 Å². The standard InChI is InChI=1S/C21H16N2O4S/c24-20-18-12-1-2-13(11-12)19(18)21(25)22(20)14-3-7-16(8-4-14)28-17-9-5-15(6-10-17)23(26)27/h1-10,12-13,18-19H,11H2/t12-,13-,18+,19+/m0/s1. The second kappa shape index (κ2) is 6.31. The largest absolute Gasteiger partial charge is 0.274 e. The number of carbonyl (C=O) groups excluding carboxylic acids is 2. The van der Waals surface area contributed by atoms with E-state index in [1.165, 1.54) is 28.8 Å². The Morgan fingerprint density at radius 1 is 0.857 bits per heavy atom. The van der Waals surface area contributed by atoms with Gasteiger partial charge in [0.2, 0.25) is 11.8 Å². The highest BCUT2D eigenvalue weighted by Gasteiger charge is 2.59. The molecule has 7 heteroatoms. The first kappa shape index (κ1) is 17.2. The Kier molecular flexibility index (Phi) is 3.87. The van der Waals surface area contributed by atoms with Gasteiger partial charge >= 0.3 is 0 Å². The highest BCUT2D eigenvalue weighted by atomic mass is 32.2. The molecule has 140 valence electrons. The first-order valence-electron chi connectivity index (χ1n) is 9.11. The second-order valence-electron chi connectivity index (χ2n) is 7.36. The van der Waals surface area contributed by atoms with E-state index in [9.17, 15) is 19.7 Å². The van der Waals surface area contributed by atoms with Crippen LogP contribution in [0.5, 0.6) is 0 Å². The van der Waals surface area contributed by atoms with Gasteiger partial charge in [0.1, 0.15) is 0 Å². The van der Waals surface area contributed by atoms with Crippen LogP contribution in [0, 0.1) is 33.8 Å². The summed E-state index contributed by atoms with van der Waals surface area (Å²) in [6, 6.07) is 13.7. The number of non-ortho nitro benzene ring substituents is 1. The van der Waals surface area contributed by atoms with Gasteiger partial charge in [-0.3, -0.25) is 24.6 Å². The minimum absolute atomic E-state index is 0.0553. The molecule has 28 heavy (non-hydrogen) atoms. The van der Waals surface area contributed by atoms with Crippen LogP contribution < -0.4 is 4.90 Å². The normalized spacial score (nSPS) is 27.5. The van der Waals surface area contributed by atoms with E-state index in [1.807, 2.05) is 12.1 Å². The molecule has 3 aliphatic rings. The van der Waals surface area contributed by atoms with Crippen LogP contribution >= 0.6 is 11.8 Å². The van der Waals surface area contributed by atoms with Crippen LogP contribution in [0.15, 0.2) is 70.5 Å². The number of nitro benzene ring substituents is 1. The van der Waals surface area contributed by atoms with Gasteiger partial charge in [0, 0.05) is 21.9 Å². The third-order valence-corrected chi connectivity index (χ3v) is 6.86. The number of benzene rings is 2. The monoisotopic (exact) mass is 392 g/mol. The maximum Gasteiger partial charge on any atom is 0.269 e. The van der Waals surface area contributed by atoms with Gasteiger partial charge in [-0.25, -0.2) is 0 Å². The van der Waals surface area contributed by atoms with E-state index < -0.39 is 4.92 Å². The molecular formula is C21H16N2O4S. The second-order valence-corrected chi connectivity index (χ2v) is 8.51. The molecule has 2 fully saturated rings. The number of allylic oxidation sites excluding steroid dienone is 2. The van der Waals surface area contributed by atoms with Crippen LogP contribution in [-0.2, 0) is 9.59 Å². The molecule has 1 saturated carbocycles. The van der Waals surface area contributed by atoms with Crippen molar-refractivity contribution in [3.05, 3.63) is 70.8 Å². The topological polar surface area (TPSA) is 80.5 Å². The average molecular weight is 392 g/mol. The van der Waals surface area contributed by atoms with Gasteiger partial charge in [-0.2, -0.15) is 0 Å². The van der Waals surface area contributed by atoms with Crippen LogP contribution in [0.3, 0.4) is 0 Å². The van der Waals surface area contributed by atoms with E-state index in [0.29, 0.717) is 5.69 Å². The van der Waals surface area contributed by atoms with E-state index in [0.717, 1.165) is 16.2 Å². The molecule has 0 spiro atoms. The molecule has 2 aromatic rings. The molecule has 2 aromatic carbocycles. The Labute approximate surface area is 165 Å². The molecule has 1 saturated heterocycles. The molecule has 0 unspecified atom stereocenters. The van der Waals surface area contributed by atoms with Crippen molar-refractivity contribution in [3.8, 4) is 0 Å². The number of fused-ring (bicyclic) bond motifs is 5. The SMILES string of the molecule is O=C1[C@H]2[C@H](C(=O)N1c1ccc(Sc3ccc([N+](=O)[O-])cc3)cc1)[C@H]1C=C[C@H]2C1. The maximum absolute atomic E-state index is 12.9. The van der Waals surface area contributed by atoms with E-state index in [-0.39, 0.29) is 41.2 Å². The molecule has 2 amide bonds. The lowest BCUT2D eigenvalue weighted by Gasteiger charge is -2.17. The van der Waals surface area contributed by atoms with Gasteiger partial charge in [0.15, 0.2) is 0 Å². The van der Waals surface area contributed by atoms with Gasteiger partial charge in [0.05, 0.1) is 22.4 Å². The minimum Gasteiger partial charge on any atom is -0.274 e. The number of rotatable bonds is 4. The summed E-state index contributed by atoms with van der Waals surface area (Å²) in [5.41, 5.74) is 0.664. The zero-order valence-electron chi connectivity index (χ0n) is 14.7. The van der Waals surface area contributed by atoms with Gasteiger partial charge < -0.3 is 0 Å². The van der Waals surface area contributed by atoms with Crippen LogP contribution in [0.25, 0.3) is 0 Å². The van der Waals surface area contributed by atoms with Crippen molar-refractivity contribution in [2.45, 2.75) is 16.2 Å². The lowest BCUT2D eigenvalue weighted by molar-refractivity contribution is -0.384. The fourth-order valence-corrected chi connectivity index (χ4v) is 5.41. The molecule has 0 aromatic heterocycles. The van der Waals surface area contributed by atoms with Gasteiger partial charge in [-0.1, -0.05) is 23.9 Å². The number of hydrogen-bond acceptors (Lipinski definition) is 5. The molecule has 4 atom stereocenters. The van der Waals surface area contributed by atoms with Crippen molar-refractivity contribution in [2.75, 3.05) is 4.90 Å². The molecular weight excluding hydrogens is 376 g/mol. The van der Waals surface area contributed by atoms with Crippen molar-refractivity contribution in [1.82, 2.24) is 0 Å². The minimum atomic E-state index is -0.426. The molecule has 5 rings (SSSR count). The molecule has 1 aliphatic heterocycles. The Bertz CT molecular complexity index is 986. The summed E-state index contributed by atoms with van der Waals surface area (Å²) in [4.78, 5) is 39.2. The fourth-order valence-electron chi connectivity index (χ4n) is 4.59. The van der Waals surface area contributed by atoms with E-state index in [4.69, 9.17) is 0 Å². The van der Waals surface area contributed by atoms with Crippen molar-refractivity contribution < 1.29 is 14.5 Å². The number of nitrogens with zero attached hydrogens (tertiary/aromatic N) is 2. The van der Waals surface area contributed by atoms with Crippen molar-refractivity contribution in [1.29, 1.82) is 0 Å². The maximum atomic E-state index is 12.9. The molecule has 6 nitrogen and oxygen atoms in total. The quantitative estimate of drug-likeness (QED) is 0.339. The predicted molar refractivity (Wildman–Crippen MR) is 104 cm³/mol. The molecule has 2 aliphatic carbocycles. The molecule has 0 radical (unpaired) electrons. The van der Waals surface area contributed by atoms with Gasteiger partial charge in [-0.15, -0.1) is 0 Å². The Morgan fingerprint density at radius 2 is 1.36 bits per heavy atom.